The topological polar surface area (TPSA) is 91.8 Å². The summed E-state index contributed by atoms with van der Waals surface area (Å²) in [6.07, 6.45) is 1.75. The molecule has 2 N–H and O–H groups in total. The maximum Gasteiger partial charge on any atom is 0.135 e. The summed E-state index contributed by atoms with van der Waals surface area (Å²) in [6, 6.07) is 10.2. The average Bonchev–Trinajstić information content (AvgIpc) is 3.38. The minimum Gasteiger partial charge on any atom is -0.331 e. The molecule has 28 heavy (non-hydrogen) atoms. The van der Waals surface area contributed by atoms with Crippen LogP contribution in [0.25, 0.3) is 11.0 Å². The molecule has 7 heteroatoms. The Balaban J connectivity index is 1.59. The van der Waals surface area contributed by atoms with Crippen LogP contribution < -0.4 is 5.32 Å². The zero-order chi connectivity index (χ0) is 19.8. The predicted octanol–water partition coefficient (Wildman–Crippen LogP) is 4.16. The molecule has 1 aromatic carbocycles. The molecule has 7 nitrogen and oxygen atoms in total. The van der Waals surface area contributed by atoms with Crippen molar-refractivity contribution in [1.82, 2.24) is 19.5 Å². The minimum atomic E-state index is 0.277. The van der Waals surface area contributed by atoms with Gasteiger partial charge in [-0.2, -0.15) is 0 Å². The number of hydrogen-bond donors (Lipinski definition) is 2. The number of para-hydroxylation sites is 2. The molecule has 2 heterocycles. The largest absolute Gasteiger partial charge is 0.331 e. The Morgan fingerprint density at radius 3 is 2.75 bits per heavy atom. The monoisotopic (exact) mass is 375 g/mol. The fourth-order valence-corrected chi connectivity index (χ4v) is 3.69. The summed E-state index contributed by atoms with van der Waals surface area (Å²) in [5.41, 5.74) is 3.24. The third-order valence-electron chi connectivity index (χ3n) is 5.09. The van der Waals surface area contributed by atoms with Crippen molar-refractivity contribution in [3.05, 3.63) is 47.7 Å². The number of nitrogens with zero attached hydrogens (tertiary/aromatic N) is 5. The smallest absolute Gasteiger partial charge is 0.135 e. The van der Waals surface area contributed by atoms with Crippen molar-refractivity contribution in [3.8, 4) is 0 Å². The van der Waals surface area contributed by atoms with E-state index in [1.165, 1.54) is 0 Å². The molecular weight excluding hydrogens is 350 g/mol. The normalized spacial score (nSPS) is 19.1. The number of amidine groups is 2. The Morgan fingerprint density at radius 2 is 2.04 bits per heavy atom. The van der Waals surface area contributed by atoms with Gasteiger partial charge in [-0.05, 0) is 32.4 Å². The van der Waals surface area contributed by atoms with Gasteiger partial charge in [0.25, 0.3) is 0 Å². The fraction of sp³-hybridized carbons (Fsp3) is 0.381. The average molecular weight is 375 g/mol. The lowest BCUT2D eigenvalue weighted by Gasteiger charge is -2.10. The Bertz CT molecular complexity index is 1080. The third kappa shape index (κ3) is 3.52. The highest BCUT2D eigenvalue weighted by molar-refractivity contribution is 6.01. The Morgan fingerprint density at radius 1 is 1.25 bits per heavy atom. The van der Waals surface area contributed by atoms with Crippen LogP contribution in [0, 0.1) is 12.3 Å². The van der Waals surface area contributed by atoms with E-state index < -0.39 is 0 Å². The van der Waals surface area contributed by atoms with E-state index in [0.717, 1.165) is 46.5 Å². The van der Waals surface area contributed by atoms with Gasteiger partial charge >= 0.3 is 0 Å². The lowest BCUT2D eigenvalue weighted by molar-refractivity contribution is 0.795. The number of rotatable bonds is 4. The Hall–Kier alpha value is -3.09. The van der Waals surface area contributed by atoms with Crippen LogP contribution in [0.2, 0.25) is 0 Å². The molecule has 144 valence electrons. The summed E-state index contributed by atoms with van der Waals surface area (Å²) in [6.45, 7) is 5.58. The van der Waals surface area contributed by atoms with Gasteiger partial charge in [-0.1, -0.05) is 19.1 Å². The van der Waals surface area contributed by atoms with Gasteiger partial charge in [-0.3, -0.25) is 5.41 Å². The van der Waals surface area contributed by atoms with Crippen molar-refractivity contribution >= 4 is 28.5 Å². The SMILES string of the molecule is CC/C(=N/C(C)=N)Nc1cc([C@@H]2C[C@H]2c2nc3ccccc3n2C)nc(C)n1. The Labute approximate surface area is 164 Å². The first kappa shape index (κ1) is 18.3. The molecule has 0 aliphatic heterocycles. The van der Waals surface area contributed by atoms with Crippen LogP contribution in [0.5, 0.6) is 0 Å². The standard InChI is InChI=1S/C21H25N7/c1-5-19(23-12(2)22)27-20-11-17(24-13(3)25-20)14-10-15(14)21-26-16-8-6-7-9-18(16)28(21)4/h6-9,11,14-15H,5,10H2,1-4H3,(H2,22,23,24,25,27)/t14-,15-/m1/s1. The molecule has 1 fully saturated rings. The van der Waals surface area contributed by atoms with Crippen LogP contribution in [-0.2, 0) is 7.05 Å². The van der Waals surface area contributed by atoms with Gasteiger partial charge in [0.1, 0.15) is 29.1 Å². The molecule has 0 unspecified atom stereocenters. The zero-order valence-corrected chi connectivity index (χ0v) is 16.7. The van der Waals surface area contributed by atoms with Crippen molar-refractivity contribution in [3.63, 3.8) is 0 Å². The van der Waals surface area contributed by atoms with Crippen LogP contribution in [0.15, 0.2) is 35.3 Å². The maximum atomic E-state index is 7.57. The van der Waals surface area contributed by atoms with Crippen molar-refractivity contribution in [1.29, 1.82) is 5.41 Å². The van der Waals surface area contributed by atoms with Crippen molar-refractivity contribution in [2.75, 3.05) is 5.32 Å². The first-order valence-electron chi connectivity index (χ1n) is 9.63. The Kier molecular flexibility index (Phi) is 4.66. The lowest BCUT2D eigenvalue weighted by atomic mass is 10.2. The fourth-order valence-electron chi connectivity index (χ4n) is 3.69. The van der Waals surface area contributed by atoms with Gasteiger partial charge in [-0.25, -0.2) is 19.9 Å². The van der Waals surface area contributed by atoms with E-state index >= 15 is 0 Å². The van der Waals surface area contributed by atoms with Gasteiger partial charge < -0.3 is 9.88 Å². The van der Waals surface area contributed by atoms with Gasteiger partial charge in [-0.15, -0.1) is 0 Å². The summed E-state index contributed by atoms with van der Waals surface area (Å²) in [4.78, 5) is 18.2. The molecule has 0 radical (unpaired) electrons. The minimum absolute atomic E-state index is 0.277. The molecule has 1 aliphatic rings. The molecule has 0 spiro atoms. The van der Waals surface area contributed by atoms with Crippen LogP contribution in [0.4, 0.5) is 5.82 Å². The molecule has 0 saturated heterocycles. The molecule has 1 aliphatic carbocycles. The second-order valence-electron chi connectivity index (χ2n) is 7.31. The van der Waals surface area contributed by atoms with Crippen molar-refractivity contribution < 1.29 is 0 Å². The number of fused-ring (bicyclic) bond motifs is 1. The molecular formula is C21H25N7. The van der Waals surface area contributed by atoms with E-state index in [9.17, 15) is 0 Å². The van der Waals surface area contributed by atoms with E-state index in [1.807, 2.05) is 32.0 Å². The lowest BCUT2D eigenvalue weighted by Crippen LogP contribution is -2.14. The highest BCUT2D eigenvalue weighted by Gasteiger charge is 2.44. The number of aryl methyl sites for hydroxylation is 2. The van der Waals surface area contributed by atoms with E-state index in [4.69, 9.17) is 10.4 Å². The molecule has 3 aromatic rings. The van der Waals surface area contributed by atoms with Gasteiger partial charge in [0, 0.05) is 31.4 Å². The highest BCUT2D eigenvalue weighted by atomic mass is 15.1. The van der Waals surface area contributed by atoms with Crippen LogP contribution >= 0.6 is 0 Å². The van der Waals surface area contributed by atoms with Gasteiger partial charge in [0.05, 0.1) is 16.7 Å². The first-order valence-corrected chi connectivity index (χ1v) is 9.63. The van der Waals surface area contributed by atoms with E-state index in [-0.39, 0.29) is 5.84 Å². The number of imidazole rings is 1. The van der Waals surface area contributed by atoms with Crippen LogP contribution in [-0.4, -0.2) is 31.2 Å². The summed E-state index contributed by atoms with van der Waals surface area (Å²) in [7, 11) is 2.09. The van der Waals surface area contributed by atoms with Crippen LogP contribution in [0.1, 0.15) is 55.9 Å². The van der Waals surface area contributed by atoms with Gasteiger partial charge in [0.15, 0.2) is 0 Å². The quantitative estimate of drug-likeness (QED) is 0.529. The number of anilines is 1. The van der Waals surface area contributed by atoms with E-state index in [0.29, 0.717) is 18.3 Å². The highest BCUT2D eigenvalue weighted by Crippen LogP contribution is 2.54. The van der Waals surface area contributed by atoms with Gasteiger partial charge in [0.2, 0.25) is 0 Å². The van der Waals surface area contributed by atoms with Crippen molar-refractivity contribution in [2.24, 2.45) is 12.0 Å². The predicted molar refractivity (Wildman–Crippen MR) is 112 cm³/mol. The summed E-state index contributed by atoms with van der Waals surface area (Å²) in [5.74, 6) is 4.33. The molecule has 2 atom stereocenters. The summed E-state index contributed by atoms with van der Waals surface area (Å²) in [5, 5.41) is 10.8. The van der Waals surface area contributed by atoms with Crippen LogP contribution in [0.3, 0.4) is 0 Å². The molecule has 0 bridgehead atoms. The maximum absolute atomic E-state index is 7.57. The first-order chi connectivity index (χ1) is 13.5. The van der Waals surface area contributed by atoms with E-state index in [2.05, 4.69) is 44.0 Å². The molecule has 0 amide bonds. The second-order valence-corrected chi connectivity index (χ2v) is 7.31. The zero-order valence-electron chi connectivity index (χ0n) is 16.7. The number of aromatic nitrogens is 4. The number of hydrogen-bond acceptors (Lipinski definition) is 4. The summed E-state index contributed by atoms with van der Waals surface area (Å²) < 4.78 is 2.20. The third-order valence-corrected chi connectivity index (χ3v) is 5.09. The molecule has 1 saturated carbocycles. The van der Waals surface area contributed by atoms with Crippen molar-refractivity contribution in [2.45, 2.75) is 45.4 Å². The number of aliphatic imine (C=N–C) groups is 1. The van der Waals surface area contributed by atoms with E-state index in [1.54, 1.807) is 6.92 Å². The molecule has 4 rings (SSSR count). The summed E-state index contributed by atoms with van der Waals surface area (Å²) >= 11 is 0. The number of benzene rings is 1. The molecule has 2 aromatic heterocycles. The number of nitrogens with one attached hydrogen (secondary N) is 2. The second kappa shape index (κ2) is 7.14.